The van der Waals surface area contributed by atoms with E-state index in [2.05, 4.69) is 37.9 Å². The molecule has 3 heteroatoms. The molecule has 2 N–H and O–H groups in total. The van der Waals surface area contributed by atoms with Crippen molar-refractivity contribution in [1.82, 2.24) is 0 Å². The summed E-state index contributed by atoms with van der Waals surface area (Å²) in [5.74, 6) is -0.389. The highest BCUT2D eigenvalue weighted by Gasteiger charge is 2.05. The normalized spacial score (nSPS) is 10.2. The fourth-order valence-corrected chi connectivity index (χ4v) is 2.20. The zero-order chi connectivity index (χ0) is 13.8. The average Bonchev–Trinajstić information content (AvgIpc) is 2.38. The van der Waals surface area contributed by atoms with Gasteiger partial charge < -0.3 is 5.73 Å². The van der Waals surface area contributed by atoms with Gasteiger partial charge in [0.1, 0.15) is 6.71 Å². The Bertz CT molecular complexity index is 593. The quantitative estimate of drug-likeness (QED) is 0.832. The monoisotopic (exact) mass is 251 g/mol. The molecule has 0 radical (unpaired) electrons. The molecule has 2 rings (SSSR count). The van der Waals surface area contributed by atoms with Gasteiger partial charge in [0.2, 0.25) is 5.91 Å². The zero-order valence-corrected chi connectivity index (χ0v) is 11.4. The van der Waals surface area contributed by atoms with E-state index in [0.717, 1.165) is 17.4 Å². The number of hydrogen-bond acceptors (Lipinski definition) is 1. The van der Waals surface area contributed by atoms with Crippen molar-refractivity contribution >= 4 is 12.6 Å². The van der Waals surface area contributed by atoms with Crippen molar-refractivity contribution in [3.63, 3.8) is 0 Å². The van der Waals surface area contributed by atoms with Crippen molar-refractivity contribution in [2.45, 2.75) is 20.0 Å². The zero-order valence-electron chi connectivity index (χ0n) is 11.4. The Morgan fingerprint density at radius 3 is 2.32 bits per heavy atom. The van der Waals surface area contributed by atoms with E-state index in [4.69, 9.17) is 5.73 Å². The Hall–Kier alpha value is -2.03. The van der Waals surface area contributed by atoms with Crippen LogP contribution >= 0.6 is 0 Å². The van der Waals surface area contributed by atoms with Crippen LogP contribution in [0.4, 0.5) is 0 Å². The van der Waals surface area contributed by atoms with Crippen LogP contribution < -0.4 is 5.73 Å². The second-order valence-corrected chi connectivity index (χ2v) is 5.24. The standard InChI is InChI=1S/C16H18BNO/c1-17(2)11-12-5-3-6-13(9-12)14-7-4-8-15(10-14)16(18)19/h3-10H,11H2,1-2H3,(H2,18,19). The smallest absolute Gasteiger partial charge is 0.248 e. The van der Waals surface area contributed by atoms with Crippen LogP contribution in [0.5, 0.6) is 0 Å². The Morgan fingerprint density at radius 2 is 1.68 bits per heavy atom. The van der Waals surface area contributed by atoms with Crippen LogP contribution in [0.2, 0.25) is 13.6 Å². The van der Waals surface area contributed by atoms with Gasteiger partial charge in [-0.25, -0.2) is 0 Å². The third-order valence-corrected chi connectivity index (χ3v) is 3.05. The van der Waals surface area contributed by atoms with Crippen LogP contribution in [0.1, 0.15) is 15.9 Å². The van der Waals surface area contributed by atoms with E-state index >= 15 is 0 Å². The molecule has 1 amide bonds. The summed E-state index contributed by atoms with van der Waals surface area (Å²) in [5.41, 5.74) is 9.34. The molecule has 2 aromatic rings. The number of primary amides is 1. The van der Waals surface area contributed by atoms with Gasteiger partial charge in [-0.05, 0) is 29.6 Å². The molecule has 0 aliphatic carbocycles. The van der Waals surface area contributed by atoms with Crippen molar-refractivity contribution in [2.24, 2.45) is 5.73 Å². The third kappa shape index (κ3) is 3.47. The van der Waals surface area contributed by atoms with Crippen LogP contribution in [0.15, 0.2) is 48.5 Å². The molecule has 19 heavy (non-hydrogen) atoms. The lowest BCUT2D eigenvalue weighted by molar-refractivity contribution is 0.100. The van der Waals surface area contributed by atoms with Crippen molar-refractivity contribution in [3.05, 3.63) is 59.7 Å². The van der Waals surface area contributed by atoms with Crippen molar-refractivity contribution in [1.29, 1.82) is 0 Å². The lowest BCUT2D eigenvalue weighted by Crippen LogP contribution is -2.10. The molecule has 0 spiro atoms. The van der Waals surface area contributed by atoms with Gasteiger partial charge in [-0.1, -0.05) is 55.6 Å². The molecule has 0 atom stereocenters. The van der Waals surface area contributed by atoms with E-state index in [-0.39, 0.29) is 5.91 Å². The first-order chi connectivity index (χ1) is 9.06. The fourth-order valence-electron chi connectivity index (χ4n) is 2.20. The summed E-state index contributed by atoms with van der Waals surface area (Å²) in [6.07, 6.45) is 1.06. The molecule has 0 saturated carbocycles. The molecule has 0 fully saturated rings. The van der Waals surface area contributed by atoms with Gasteiger partial charge in [0.05, 0.1) is 0 Å². The molecule has 0 heterocycles. The van der Waals surface area contributed by atoms with Gasteiger partial charge in [-0.15, -0.1) is 0 Å². The van der Waals surface area contributed by atoms with Crippen molar-refractivity contribution < 1.29 is 4.79 Å². The maximum atomic E-state index is 11.2. The number of rotatable bonds is 4. The highest BCUT2D eigenvalue weighted by molar-refractivity contribution is 6.55. The van der Waals surface area contributed by atoms with Crippen molar-refractivity contribution in [2.75, 3.05) is 0 Å². The van der Waals surface area contributed by atoms with Crippen LogP contribution in [-0.2, 0) is 6.32 Å². The molecule has 0 unspecified atom stereocenters. The molecule has 2 aromatic carbocycles. The number of nitrogens with two attached hydrogens (primary N) is 1. The predicted molar refractivity (Wildman–Crippen MR) is 81.6 cm³/mol. The summed E-state index contributed by atoms with van der Waals surface area (Å²) in [7, 11) is 0. The van der Waals surface area contributed by atoms with Gasteiger partial charge in [0, 0.05) is 5.56 Å². The number of carbonyl (C=O) groups is 1. The number of benzene rings is 2. The SMILES string of the molecule is CB(C)Cc1cccc(-c2cccc(C(N)=O)c2)c1. The maximum Gasteiger partial charge on any atom is 0.248 e. The van der Waals surface area contributed by atoms with Crippen molar-refractivity contribution in [3.8, 4) is 11.1 Å². The van der Waals surface area contributed by atoms with Crippen LogP contribution in [0.25, 0.3) is 11.1 Å². The van der Waals surface area contributed by atoms with Crippen LogP contribution in [-0.4, -0.2) is 12.6 Å². The minimum Gasteiger partial charge on any atom is -0.366 e. The topological polar surface area (TPSA) is 43.1 Å². The van der Waals surface area contributed by atoms with Gasteiger partial charge in [0.25, 0.3) is 0 Å². The fraction of sp³-hybridized carbons (Fsp3) is 0.188. The number of carbonyl (C=O) groups excluding carboxylic acids is 1. The van der Waals surface area contributed by atoms with Gasteiger partial charge in [-0.3, -0.25) is 4.79 Å². The predicted octanol–water partition coefficient (Wildman–Crippen LogP) is 3.29. The second kappa shape index (κ2) is 5.74. The minimum atomic E-state index is -0.389. The van der Waals surface area contributed by atoms with E-state index in [0.29, 0.717) is 12.3 Å². The second-order valence-electron chi connectivity index (χ2n) is 5.24. The first kappa shape index (κ1) is 13.4. The summed E-state index contributed by atoms with van der Waals surface area (Å²) in [4.78, 5) is 11.2. The number of hydrogen-bond donors (Lipinski definition) is 1. The molecule has 0 aromatic heterocycles. The maximum absolute atomic E-state index is 11.2. The first-order valence-corrected chi connectivity index (χ1v) is 6.55. The average molecular weight is 251 g/mol. The molecule has 0 aliphatic heterocycles. The lowest BCUT2D eigenvalue weighted by Gasteiger charge is -2.07. The lowest BCUT2D eigenvalue weighted by atomic mass is 9.51. The molecular weight excluding hydrogens is 233 g/mol. The van der Waals surface area contributed by atoms with Gasteiger partial charge in [-0.2, -0.15) is 0 Å². The largest absolute Gasteiger partial charge is 0.366 e. The van der Waals surface area contributed by atoms with E-state index in [1.807, 2.05) is 18.2 Å². The van der Waals surface area contributed by atoms with Crippen LogP contribution in [0.3, 0.4) is 0 Å². The summed E-state index contributed by atoms with van der Waals surface area (Å²) >= 11 is 0. The van der Waals surface area contributed by atoms with E-state index < -0.39 is 0 Å². The molecular formula is C16H18BNO. The Morgan fingerprint density at radius 1 is 1.05 bits per heavy atom. The van der Waals surface area contributed by atoms with E-state index in [1.54, 1.807) is 6.07 Å². The molecule has 2 nitrogen and oxygen atoms in total. The summed E-state index contributed by atoms with van der Waals surface area (Å²) in [6.45, 7) is 5.05. The highest BCUT2D eigenvalue weighted by Crippen LogP contribution is 2.22. The Balaban J connectivity index is 2.36. The first-order valence-electron chi connectivity index (χ1n) is 6.55. The van der Waals surface area contributed by atoms with E-state index in [1.165, 1.54) is 5.56 Å². The number of amides is 1. The third-order valence-electron chi connectivity index (χ3n) is 3.05. The van der Waals surface area contributed by atoms with Gasteiger partial charge in [0.15, 0.2) is 0 Å². The summed E-state index contributed by atoms with van der Waals surface area (Å²) in [6, 6.07) is 15.9. The Labute approximate surface area is 114 Å². The minimum absolute atomic E-state index is 0.389. The molecule has 0 aliphatic rings. The van der Waals surface area contributed by atoms with Crippen LogP contribution in [0, 0.1) is 0 Å². The molecule has 96 valence electrons. The van der Waals surface area contributed by atoms with E-state index in [9.17, 15) is 4.79 Å². The Kier molecular flexibility index (Phi) is 4.05. The molecule has 0 bridgehead atoms. The van der Waals surface area contributed by atoms with Gasteiger partial charge >= 0.3 is 0 Å². The molecule has 0 saturated heterocycles. The highest BCUT2D eigenvalue weighted by atomic mass is 16.1. The summed E-state index contributed by atoms with van der Waals surface area (Å²) < 4.78 is 0. The summed E-state index contributed by atoms with van der Waals surface area (Å²) in [5, 5.41) is 0.